The third kappa shape index (κ3) is 4.01. The Hall–Kier alpha value is -5.11. The van der Waals surface area contributed by atoms with Crippen LogP contribution in [0.4, 0.5) is 17.3 Å². The summed E-state index contributed by atoms with van der Waals surface area (Å²) in [6.45, 7) is 4.18. The van der Waals surface area contributed by atoms with Gasteiger partial charge in [0.15, 0.2) is 0 Å². The van der Waals surface area contributed by atoms with Gasteiger partial charge in [0.05, 0.1) is 18.3 Å². The minimum absolute atomic E-state index is 0.336. The number of pyridine rings is 1. The van der Waals surface area contributed by atoms with Crippen LogP contribution in [0.3, 0.4) is 0 Å². The summed E-state index contributed by atoms with van der Waals surface area (Å²) in [5.74, 6) is 0.669. The van der Waals surface area contributed by atoms with Gasteiger partial charge in [0, 0.05) is 33.4 Å². The van der Waals surface area contributed by atoms with E-state index in [2.05, 4.69) is 68.7 Å². The Kier molecular flexibility index (Phi) is 5.31. The van der Waals surface area contributed by atoms with E-state index < -0.39 is 0 Å². The van der Waals surface area contributed by atoms with Crippen LogP contribution in [0, 0.1) is 0 Å². The smallest absolute Gasteiger partial charge is 0.248 e. The molecule has 0 radical (unpaired) electrons. The van der Waals surface area contributed by atoms with Crippen molar-refractivity contribution in [2.24, 2.45) is 0 Å². The number of anilines is 3. The van der Waals surface area contributed by atoms with Gasteiger partial charge < -0.3 is 10.6 Å². The van der Waals surface area contributed by atoms with Crippen molar-refractivity contribution >= 4 is 55.8 Å². The second-order valence-electron chi connectivity index (χ2n) is 8.35. The van der Waals surface area contributed by atoms with Crippen molar-refractivity contribution in [2.45, 2.75) is 6.54 Å². The maximum absolute atomic E-state index is 11.8. The number of hydrogen-bond donors (Lipinski definition) is 2. The average molecular weight is 472 g/mol. The molecule has 0 aliphatic carbocycles. The van der Waals surface area contributed by atoms with E-state index in [0.717, 1.165) is 32.7 Å². The monoisotopic (exact) mass is 471 g/mol. The van der Waals surface area contributed by atoms with Gasteiger partial charge >= 0.3 is 0 Å². The number of hydrogen-bond acceptors (Lipinski definition) is 6. The minimum Gasteiger partial charge on any atom is -0.339 e. The van der Waals surface area contributed by atoms with E-state index in [1.165, 1.54) is 18.0 Å². The lowest BCUT2D eigenvalue weighted by atomic mass is 10.1. The zero-order valence-electron chi connectivity index (χ0n) is 19.2. The standard InChI is InChI=1S/C28H21N7O/c1-2-26(36)33-25-13-22-24(14-29-25)30-17-31-28(22)32-23-12-19-16-35(15-18-8-4-3-5-9-18)34-27(19)21-11-7-6-10-20(21)23/h2-14,16-17H,1,15H2,(H,29,33,36)(H,30,31,32). The fraction of sp³-hybridized carbons (Fsp3) is 0.0357. The van der Waals surface area contributed by atoms with Gasteiger partial charge in [0.1, 0.15) is 23.5 Å². The van der Waals surface area contributed by atoms with Crippen molar-refractivity contribution in [1.82, 2.24) is 24.7 Å². The SMILES string of the molecule is C=CC(=O)Nc1cc2c(Nc3cc4cn(Cc5ccccc5)nc4c4ccccc34)ncnc2cn1. The molecule has 3 heterocycles. The van der Waals surface area contributed by atoms with Crippen molar-refractivity contribution in [3.05, 3.63) is 104 Å². The molecule has 1 amide bonds. The second kappa shape index (κ2) is 8.92. The third-order valence-corrected chi connectivity index (χ3v) is 5.96. The van der Waals surface area contributed by atoms with E-state index >= 15 is 0 Å². The highest BCUT2D eigenvalue weighted by molar-refractivity contribution is 6.12. The van der Waals surface area contributed by atoms with Crippen LogP contribution in [0.2, 0.25) is 0 Å². The normalized spacial score (nSPS) is 11.1. The first kappa shape index (κ1) is 21.4. The van der Waals surface area contributed by atoms with Gasteiger partial charge in [-0.2, -0.15) is 5.10 Å². The van der Waals surface area contributed by atoms with E-state index in [9.17, 15) is 4.79 Å². The van der Waals surface area contributed by atoms with Crippen molar-refractivity contribution in [2.75, 3.05) is 10.6 Å². The summed E-state index contributed by atoms with van der Waals surface area (Å²) in [7, 11) is 0. The molecule has 0 bridgehead atoms. The predicted molar refractivity (Wildman–Crippen MR) is 142 cm³/mol. The first-order valence-electron chi connectivity index (χ1n) is 11.4. The highest BCUT2D eigenvalue weighted by atomic mass is 16.1. The molecular weight excluding hydrogens is 450 g/mol. The summed E-state index contributed by atoms with van der Waals surface area (Å²) < 4.78 is 1.97. The van der Waals surface area contributed by atoms with Gasteiger partial charge in [-0.25, -0.2) is 15.0 Å². The topological polar surface area (TPSA) is 97.6 Å². The Morgan fingerprint density at radius 2 is 1.75 bits per heavy atom. The van der Waals surface area contributed by atoms with Crippen LogP contribution in [0.15, 0.2) is 98.1 Å². The van der Waals surface area contributed by atoms with Gasteiger partial charge in [0.25, 0.3) is 0 Å². The molecule has 3 aromatic heterocycles. The van der Waals surface area contributed by atoms with Crippen LogP contribution < -0.4 is 10.6 Å². The highest BCUT2D eigenvalue weighted by Crippen LogP contribution is 2.34. The number of fused-ring (bicyclic) bond motifs is 4. The lowest BCUT2D eigenvalue weighted by Gasteiger charge is -2.12. The summed E-state index contributed by atoms with van der Waals surface area (Å²) in [5, 5.41) is 14.9. The van der Waals surface area contributed by atoms with Crippen molar-refractivity contribution in [3.8, 4) is 0 Å². The Bertz CT molecular complexity index is 1760. The van der Waals surface area contributed by atoms with Gasteiger partial charge in [0.2, 0.25) is 5.91 Å². The number of carbonyl (C=O) groups excluding carboxylic acids is 1. The lowest BCUT2D eigenvalue weighted by Crippen LogP contribution is -2.09. The van der Waals surface area contributed by atoms with Crippen LogP contribution in [0.5, 0.6) is 0 Å². The molecule has 0 atom stereocenters. The first-order valence-corrected chi connectivity index (χ1v) is 11.4. The Morgan fingerprint density at radius 3 is 2.58 bits per heavy atom. The summed E-state index contributed by atoms with van der Waals surface area (Å²) in [6, 6.07) is 22.3. The van der Waals surface area contributed by atoms with E-state index in [1.54, 1.807) is 12.3 Å². The summed E-state index contributed by atoms with van der Waals surface area (Å²) in [4.78, 5) is 24.8. The zero-order valence-corrected chi connectivity index (χ0v) is 19.2. The number of nitrogens with zero attached hydrogens (tertiary/aromatic N) is 5. The first-order chi connectivity index (χ1) is 17.7. The van der Waals surface area contributed by atoms with Gasteiger partial charge in [-0.05, 0) is 23.8 Å². The number of nitrogens with one attached hydrogen (secondary N) is 2. The van der Waals surface area contributed by atoms with Crippen LogP contribution in [0.1, 0.15) is 5.56 Å². The minimum atomic E-state index is -0.336. The summed E-state index contributed by atoms with van der Waals surface area (Å²) in [5.41, 5.74) is 3.68. The largest absolute Gasteiger partial charge is 0.339 e. The van der Waals surface area contributed by atoms with Crippen LogP contribution >= 0.6 is 0 Å². The van der Waals surface area contributed by atoms with Crippen LogP contribution in [-0.4, -0.2) is 30.6 Å². The molecule has 6 rings (SSSR count). The Balaban J connectivity index is 1.44. The molecule has 0 spiro atoms. The Morgan fingerprint density at radius 1 is 0.944 bits per heavy atom. The fourth-order valence-corrected chi connectivity index (χ4v) is 4.30. The lowest BCUT2D eigenvalue weighted by molar-refractivity contribution is -0.111. The van der Waals surface area contributed by atoms with Crippen molar-refractivity contribution in [1.29, 1.82) is 0 Å². The highest BCUT2D eigenvalue weighted by Gasteiger charge is 2.13. The number of amides is 1. The molecule has 0 aliphatic rings. The molecule has 0 aliphatic heterocycles. The summed E-state index contributed by atoms with van der Waals surface area (Å²) >= 11 is 0. The molecule has 3 aromatic carbocycles. The quantitative estimate of drug-likeness (QED) is 0.314. The number of benzene rings is 3. The van der Waals surface area contributed by atoms with Gasteiger partial charge in [-0.15, -0.1) is 0 Å². The molecule has 6 aromatic rings. The van der Waals surface area contributed by atoms with Crippen molar-refractivity contribution < 1.29 is 4.79 Å². The molecular formula is C28H21N7O. The molecule has 0 fully saturated rings. The van der Waals surface area contributed by atoms with E-state index in [1.807, 2.05) is 35.0 Å². The van der Waals surface area contributed by atoms with E-state index in [4.69, 9.17) is 5.10 Å². The third-order valence-electron chi connectivity index (χ3n) is 5.96. The molecule has 8 nitrogen and oxygen atoms in total. The van der Waals surface area contributed by atoms with Crippen molar-refractivity contribution in [3.63, 3.8) is 0 Å². The zero-order chi connectivity index (χ0) is 24.5. The average Bonchev–Trinajstić information content (AvgIpc) is 3.32. The predicted octanol–water partition coefficient (Wildman–Crippen LogP) is 5.44. The summed E-state index contributed by atoms with van der Waals surface area (Å²) in [6.07, 6.45) is 6.36. The van der Waals surface area contributed by atoms with E-state index in [0.29, 0.717) is 23.7 Å². The van der Waals surface area contributed by atoms with Gasteiger partial charge in [-0.1, -0.05) is 61.2 Å². The Labute approximate surface area is 206 Å². The van der Waals surface area contributed by atoms with Gasteiger partial charge in [-0.3, -0.25) is 9.48 Å². The molecule has 0 saturated heterocycles. The van der Waals surface area contributed by atoms with Crippen LogP contribution in [0.25, 0.3) is 32.6 Å². The molecule has 2 N–H and O–H groups in total. The fourth-order valence-electron chi connectivity index (χ4n) is 4.30. The number of aromatic nitrogens is 5. The second-order valence-corrected chi connectivity index (χ2v) is 8.35. The van der Waals surface area contributed by atoms with Crippen LogP contribution in [-0.2, 0) is 11.3 Å². The molecule has 36 heavy (non-hydrogen) atoms. The van der Waals surface area contributed by atoms with E-state index in [-0.39, 0.29) is 5.91 Å². The number of rotatable bonds is 6. The maximum Gasteiger partial charge on any atom is 0.248 e. The molecule has 8 heteroatoms. The maximum atomic E-state index is 11.8. The number of carbonyl (C=O) groups is 1. The molecule has 174 valence electrons. The molecule has 0 unspecified atom stereocenters. The molecule has 0 saturated carbocycles.